The van der Waals surface area contributed by atoms with Gasteiger partial charge < -0.3 is 0 Å². The topological polar surface area (TPSA) is 46.2 Å². The van der Waals surface area contributed by atoms with Gasteiger partial charge in [0.15, 0.2) is 0 Å². The number of hydrogen-bond acceptors (Lipinski definition) is 2. The van der Waals surface area contributed by atoms with E-state index in [1.54, 1.807) is 0 Å². The van der Waals surface area contributed by atoms with Gasteiger partial charge in [-0.1, -0.05) is 12.2 Å². The minimum atomic E-state index is -0.170. The number of amides is 2. The molecule has 2 unspecified atom stereocenters. The van der Waals surface area contributed by atoms with Crippen LogP contribution in [0.5, 0.6) is 0 Å². The molecule has 0 aromatic carbocycles. The van der Waals surface area contributed by atoms with E-state index in [-0.39, 0.29) is 46.7 Å². The first-order valence-electron chi connectivity index (χ1n) is 3.80. The van der Waals surface area contributed by atoms with Crippen LogP contribution in [0.15, 0.2) is 12.2 Å². The smallest absolute Gasteiger partial charge is 0.296 e. The molecule has 1 saturated heterocycles. The Labute approximate surface area is 86.7 Å². The van der Waals surface area contributed by atoms with Gasteiger partial charge in [0.1, 0.15) is 0 Å². The van der Waals surface area contributed by atoms with Crippen molar-refractivity contribution in [3.05, 3.63) is 12.2 Å². The summed E-state index contributed by atoms with van der Waals surface area (Å²) in [5, 5.41) is 2.33. The van der Waals surface area contributed by atoms with Gasteiger partial charge >= 0.3 is 23.1 Å². The number of carbonyl (C=O) groups is 2. The van der Waals surface area contributed by atoms with Crippen LogP contribution in [0.2, 0.25) is 0 Å². The molecule has 0 saturated carbocycles. The molecule has 0 aromatic rings. The zero-order valence-electron chi connectivity index (χ0n) is 6.04. The summed E-state index contributed by atoms with van der Waals surface area (Å²) in [6.45, 7) is 0. The molecule has 2 atom stereocenters. The van der Waals surface area contributed by atoms with Crippen molar-refractivity contribution < 1.29 is 9.59 Å². The van der Waals surface area contributed by atoms with Gasteiger partial charge in [0.2, 0.25) is 11.8 Å². The van der Waals surface area contributed by atoms with Crippen molar-refractivity contribution >= 4 is 34.9 Å². The van der Waals surface area contributed by atoms with Crippen LogP contribution in [0.1, 0.15) is 12.8 Å². The van der Waals surface area contributed by atoms with Crippen LogP contribution in [-0.4, -0.2) is 34.9 Å². The van der Waals surface area contributed by atoms with Gasteiger partial charge in [0.05, 0.1) is 11.8 Å². The molecule has 2 aliphatic rings. The van der Waals surface area contributed by atoms with Crippen molar-refractivity contribution in [3.63, 3.8) is 0 Å². The van der Waals surface area contributed by atoms with Gasteiger partial charge in [0.25, 0.3) is 0 Å². The molecule has 12 heavy (non-hydrogen) atoms. The Hall–Kier alpha value is -0.354. The highest BCUT2D eigenvalue weighted by atomic mass is 24.3. The van der Waals surface area contributed by atoms with Crippen molar-refractivity contribution in [1.29, 1.82) is 0 Å². The number of allylic oxidation sites excluding steroid dienone is 1. The van der Waals surface area contributed by atoms with E-state index in [1.165, 1.54) is 0 Å². The van der Waals surface area contributed by atoms with E-state index >= 15 is 0 Å². The van der Waals surface area contributed by atoms with Gasteiger partial charge in [-0.2, -0.15) is 0 Å². The lowest BCUT2D eigenvalue weighted by molar-refractivity contribution is -0.126. The van der Waals surface area contributed by atoms with Crippen molar-refractivity contribution in [2.75, 3.05) is 0 Å². The Balaban J connectivity index is 0.000000720. The number of imide groups is 1. The van der Waals surface area contributed by atoms with E-state index in [9.17, 15) is 9.59 Å². The summed E-state index contributed by atoms with van der Waals surface area (Å²) < 4.78 is 0. The zero-order valence-corrected chi connectivity index (χ0v) is 6.04. The van der Waals surface area contributed by atoms with Crippen LogP contribution in [0.25, 0.3) is 0 Å². The molecular formula is C8H11MgNO2. The van der Waals surface area contributed by atoms with Crippen molar-refractivity contribution in [1.82, 2.24) is 5.32 Å². The fourth-order valence-electron chi connectivity index (χ4n) is 1.69. The van der Waals surface area contributed by atoms with Crippen LogP contribution >= 0.6 is 0 Å². The van der Waals surface area contributed by atoms with Crippen LogP contribution in [0.3, 0.4) is 0 Å². The second-order valence-corrected chi connectivity index (χ2v) is 2.99. The fraction of sp³-hybridized carbons (Fsp3) is 0.500. The lowest BCUT2D eigenvalue weighted by atomic mass is 9.86. The van der Waals surface area contributed by atoms with E-state index in [0.29, 0.717) is 0 Å². The standard InChI is InChI=1S/C8H9NO2.Mg.2H/c10-7-5-3-1-2-4-6(5)8(11)9-7;;;/h1,3,5-6H,2,4H2,(H,9,10,11);;;. The summed E-state index contributed by atoms with van der Waals surface area (Å²) in [6, 6.07) is 0. The first-order valence-corrected chi connectivity index (χ1v) is 3.80. The van der Waals surface area contributed by atoms with Crippen LogP contribution in [-0.2, 0) is 9.59 Å². The Bertz CT molecular complexity index is 249. The van der Waals surface area contributed by atoms with Gasteiger partial charge in [-0.15, -0.1) is 0 Å². The van der Waals surface area contributed by atoms with Gasteiger partial charge in [0, 0.05) is 0 Å². The van der Waals surface area contributed by atoms with E-state index in [4.69, 9.17) is 0 Å². The van der Waals surface area contributed by atoms with Crippen molar-refractivity contribution in [3.8, 4) is 0 Å². The molecule has 0 spiro atoms. The van der Waals surface area contributed by atoms with Crippen LogP contribution in [0, 0.1) is 11.8 Å². The maximum atomic E-state index is 11.1. The van der Waals surface area contributed by atoms with E-state index in [0.717, 1.165) is 12.8 Å². The Morgan fingerprint density at radius 1 is 1.33 bits per heavy atom. The number of fused-ring (bicyclic) bond motifs is 1. The predicted octanol–water partition coefficient (Wildman–Crippen LogP) is -0.691. The second-order valence-electron chi connectivity index (χ2n) is 2.99. The highest BCUT2D eigenvalue weighted by molar-refractivity contribution is 6.06. The third-order valence-corrected chi connectivity index (χ3v) is 2.31. The maximum Gasteiger partial charge on any atom is 0.316 e. The number of hydrogen-bond donors (Lipinski definition) is 1. The molecule has 0 bridgehead atoms. The Kier molecular flexibility index (Phi) is 2.90. The highest BCUT2D eigenvalue weighted by Gasteiger charge is 2.40. The molecule has 1 aliphatic heterocycles. The molecule has 1 heterocycles. The summed E-state index contributed by atoms with van der Waals surface area (Å²) in [4.78, 5) is 22.1. The van der Waals surface area contributed by atoms with Gasteiger partial charge in [-0.3, -0.25) is 14.9 Å². The average Bonchev–Trinajstić information content (AvgIpc) is 2.30. The molecule has 2 amide bonds. The summed E-state index contributed by atoms with van der Waals surface area (Å²) in [7, 11) is 0. The molecule has 3 nitrogen and oxygen atoms in total. The number of nitrogens with one attached hydrogen (secondary N) is 1. The Morgan fingerprint density at radius 3 is 2.75 bits per heavy atom. The normalized spacial score (nSPS) is 32.3. The third-order valence-electron chi connectivity index (χ3n) is 2.31. The minimum Gasteiger partial charge on any atom is -0.296 e. The lowest BCUT2D eigenvalue weighted by Gasteiger charge is -2.14. The maximum absolute atomic E-state index is 11.1. The predicted molar refractivity (Wildman–Crippen MR) is 47.0 cm³/mol. The number of carbonyl (C=O) groups excluding carboxylic acids is 2. The molecule has 0 aromatic heterocycles. The van der Waals surface area contributed by atoms with E-state index in [1.807, 2.05) is 12.2 Å². The molecular weight excluding hydrogens is 166 g/mol. The highest BCUT2D eigenvalue weighted by Crippen LogP contribution is 2.28. The average molecular weight is 177 g/mol. The third kappa shape index (κ3) is 1.41. The summed E-state index contributed by atoms with van der Waals surface area (Å²) in [6.07, 6.45) is 5.55. The number of rotatable bonds is 0. The summed E-state index contributed by atoms with van der Waals surface area (Å²) in [5.41, 5.74) is 0. The molecule has 2 rings (SSSR count). The summed E-state index contributed by atoms with van der Waals surface area (Å²) >= 11 is 0. The molecule has 62 valence electrons. The fourth-order valence-corrected chi connectivity index (χ4v) is 1.69. The Morgan fingerprint density at radius 2 is 2.08 bits per heavy atom. The zero-order chi connectivity index (χ0) is 7.84. The minimum absolute atomic E-state index is 0. The van der Waals surface area contributed by atoms with Crippen molar-refractivity contribution in [2.45, 2.75) is 12.8 Å². The monoisotopic (exact) mass is 177 g/mol. The van der Waals surface area contributed by atoms with Gasteiger partial charge in [-0.25, -0.2) is 0 Å². The van der Waals surface area contributed by atoms with E-state index < -0.39 is 0 Å². The molecule has 0 radical (unpaired) electrons. The second kappa shape index (κ2) is 3.58. The largest absolute Gasteiger partial charge is 0.316 e. The first-order chi connectivity index (χ1) is 5.29. The van der Waals surface area contributed by atoms with E-state index in [2.05, 4.69) is 5.32 Å². The molecule has 4 heteroatoms. The molecule has 1 N–H and O–H groups in total. The quantitative estimate of drug-likeness (QED) is 0.302. The molecule has 1 fully saturated rings. The lowest BCUT2D eigenvalue weighted by Crippen LogP contribution is -2.21. The SMILES string of the molecule is O=C1NC(=O)C2CCC=CC12.[MgH2]. The first kappa shape index (κ1) is 9.73. The molecule has 1 aliphatic carbocycles. The van der Waals surface area contributed by atoms with Gasteiger partial charge in [-0.05, 0) is 12.8 Å². The van der Waals surface area contributed by atoms with Crippen LogP contribution in [0.4, 0.5) is 0 Å². The summed E-state index contributed by atoms with van der Waals surface area (Å²) in [5.74, 6) is -0.468. The van der Waals surface area contributed by atoms with Crippen molar-refractivity contribution in [2.24, 2.45) is 11.8 Å². The van der Waals surface area contributed by atoms with Crippen LogP contribution < -0.4 is 5.32 Å².